The van der Waals surface area contributed by atoms with Crippen LogP contribution in [-0.2, 0) is 0 Å². The van der Waals surface area contributed by atoms with Gasteiger partial charge < -0.3 is 9.84 Å². The summed E-state index contributed by atoms with van der Waals surface area (Å²) in [6.07, 6.45) is 3.91. The second-order valence-electron chi connectivity index (χ2n) is 2.30. The van der Waals surface area contributed by atoms with E-state index in [-0.39, 0.29) is 0 Å². The van der Waals surface area contributed by atoms with Gasteiger partial charge in [-0.2, -0.15) is 0 Å². The van der Waals surface area contributed by atoms with E-state index in [0.29, 0.717) is 11.3 Å². The lowest BCUT2D eigenvalue weighted by Crippen LogP contribution is -1.97. The molecule has 0 saturated heterocycles. The third-order valence-corrected chi connectivity index (χ3v) is 1.58. The molecule has 0 aliphatic rings. The quantitative estimate of drug-likeness (QED) is 0.686. The van der Waals surface area contributed by atoms with Gasteiger partial charge in [-0.05, 0) is 6.07 Å². The molecule has 0 saturated carbocycles. The summed E-state index contributed by atoms with van der Waals surface area (Å²) in [5, 5.41) is 9.42. The van der Waals surface area contributed by atoms with E-state index in [1.165, 1.54) is 13.2 Å². The Morgan fingerprint density at radius 1 is 1.75 bits per heavy atom. The van der Waals surface area contributed by atoms with E-state index in [2.05, 4.69) is 11.6 Å². The number of ether oxygens (including phenoxy) is 1. The summed E-state index contributed by atoms with van der Waals surface area (Å²) < 4.78 is 5.00. The highest BCUT2D eigenvalue weighted by atomic mass is 16.5. The zero-order valence-corrected chi connectivity index (χ0v) is 6.90. The lowest BCUT2D eigenvalue weighted by Gasteiger charge is -2.09. The number of aliphatic hydroxyl groups is 1. The van der Waals surface area contributed by atoms with Crippen LogP contribution in [0.2, 0.25) is 0 Å². The van der Waals surface area contributed by atoms with Crippen LogP contribution < -0.4 is 4.74 Å². The lowest BCUT2D eigenvalue weighted by molar-refractivity contribution is 0.223. The van der Waals surface area contributed by atoms with E-state index >= 15 is 0 Å². The maximum atomic E-state index is 9.42. The number of methoxy groups -OCH3 is 1. The number of nitrogens with zero attached hydrogens (tertiary/aromatic N) is 1. The summed E-state index contributed by atoms with van der Waals surface area (Å²) in [7, 11) is 1.54. The second-order valence-corrected chi connectivity index (χ2v) is 2.30. The van der Waals surface area contributed by atoms with Crippen molar-refractivity contribution in [2.45, 2.75) is 6.10 Å². The van der Waals surface area contributed by atoms with Crippen LogP contribution >= 0.6 is 0 Å². The van der Waals surface area contributed by atoms with Gasteiger partial charge in [0.05, 0.1) is 13.3 Å². The van der Waals surface area contributed by atoms with Crippen LogP contribution in [0.5, 0.6) is 5.75 Å². The van der Waals surface area contributed by atoms with E-state index in [0.717, 1.165) is 0 Å². The molecule has 1 unspecified atom stereocenters. The van der Waals surface area contributed by atoms with Crippen molar-refractivity contribution >= 4 is 0 Å². The smallest absolute Gasteiger partial charge is 0.143 e. The molecule has 1 atom stereocenters. The molecule has 0 fully saturated rings. The maximum absolute atomic E-state index is 9.42. The van der Waals surface area contributed by atoms with Gasteiger partial charge in [-0.15, -0.1) is 6.58 Å². The van der Waals surface area contributed by atoms with Crippen LogP contribution in [-0.4, -0.2) is 17.2 Å². The van der Waals surface area contributed by atoms with Crippen LogP contribution in [0, 0.1) is 0 Å². The molecule has 1 aromatic heterocycles. The molecule has 0 aliphatic carbocycles. The highest BCUT2D eigenvalue weighted by Crippen LogP contribution is 2.23. The molecule has 0 amide bonds. The third kappa shape index (κ3) is 1.62. The average molecular weight is 165 g/mol. The Morgan fingerprint density at radius 2 is 2.50 bits per heavy atom. The van der Waals surface area contributed by atoms with Gasteiger partial charge in [-0.25, -0.2) is 0 Å². The minimum atomic E-state index is -0.692. The zero-order valence-electron chi connectivity index (χ0n) is 6.90. The summed E-state index contributed by atoms with van der Waals surface area (Å²) in [6.45, 7) is 3.49. The molecule has 0 radical (unpaired) electrons. The highest BCUT2D eigenvalue weighted by Gasteiger charge is 2.08. The van der Waals surface area contributed by atoms with Crippen molar-refractivity contribution in [3.63, 3.8) is 0 Å². The summed E-state index contributed by atoms with van der Waals surface area (Å²) >= 11 is 0. The molecule has 3 heteroatoms. The van der Waals surface area contributed by atoms with E-state index < -0.39 is 6.10 Å². The second kappa shape index (κ2) is 3.88. The Balaban J connectivity index is 3.04. The molecule has 0 bridgehead atoms. The molecular formula is C9H11NO2. The van der Waals surface area contributed by atoms with Gasteiger partial charge in [0.15, 0.2) is 0 Å². The topological polar surface area (TPSA) is 42.4 Å². The molecule has 64 valence electrons. The van der Waals surface area contributed by atoms with Crippen molar-refractivity contribution in [1.29, 1.82) is 0 Å². The molecule has 1 N–H and O–H groups in total. The number of hydrogen-bond donors (Lipinski definition) is 1. The largest absolute Gasteiger partial charge is 0.495 e. The normalized spacial score (nSPS) is 12.2. The number of aromatic nitrogens is 1. The Hall–Kier alpha value is -1.35. The lowest BCUT2D eigenvalue weighted by atomic mass is 10.1. The summed E-state index contributed by atoms with van der Waals surface area (Å²) in [5.41, 5.74) is 0.683. The number of hydrogen-bond acceptors (Lipinski definition) is 3. The molecule has 12 heavy (non-hydrogen) atoms. The SMILES string of the molecule is C=CC(O)c1ccncc1OC. The molecule has 0 aromatic carbocycles. The molecule has 3 nitrogen and oxygen atoms in total. The molecule has 0 spiro atoms. The van der Waals surface area contributed by atoms with Crippen LogP contribution in [0.25, 0.3) is 0 Å². The van der Waals surface area contributed by atoms with E-state index in [4.69, 9.17) is 4.74 Å². The Morgan fingerprint density at radius 3 is 3.08 bits per heavy atom. The third-order valence-electron chi connectivity index (χ3n) is 1.58. The minimum Gasteiger partial charge on any atom is -0.495 e. The predicted octanol–water partition coefficient (Wildman–Crippen LogP) is 1.31. The summed E-state index contributed by atoms with van der Waals surface area (Å²) in [6, 6.07) is 1.70. The van der Waals surface area contributed by atoms with Crippen molar-refractivity contribution in [3.8, 4) is 5.75 Å². The Kier molecular flexibility index (Phi) is 2.82. The first-order chi connectivity index (χ1) is 5.79. The molecule has 1 aromatic rings. The van der Waals surface area contributed by atoms with Crippen LogP contribution in [0.1, 0.15) is 11.7 Å². The maximum Gasteiger partial charge on any atom is 0.143 e. The summed E-state index contributed by atoms with van der Waals surface area (Å²) in [4.78, 5) is 3.86. The molecule has 1 heterocycles. The van der Waals surface area contributed by atoms with Crippen molar-refractivity contribution in [3.05, 3.63) is 36.7 Å². The number of aliphatic hydroxyl groups excluding tert-OH is 1. The zero-order chi connectivity index (χ0) is 8.97. The van der Waals surface area contributed by atoms with Gasteiger partial charge in [0.2, 0.25) is 0 Å². The van der Waals surface area contributed by atoms with Crippen LogP contribution in [0.4, 0.5) is 0 Å². The first kappa shape index (κ1) is 8.74. The van der Waals surface area contributed by atoms with Crippen LogP contribution in [0.15, 0.2) is 31.1 Å². The highest BCUT2D eigenvalue weighted by molar-refractivity contribution is 5.33. The van der Waals surface area contributed by atoms with Gasteiger partial charge in [0.25, 0.3) is 0 Å². The predicted molar refractivity (Wildman–Crippen MR) is 45.9 cm³/mol. The van der Waals surface area contributed by atoms with E-state index in [1.54, 1.807) is 18.5 Å². The fourth-order valence-electron chi connectivity index (χ4n) is 0.933. The Labute approximate surface area is 71.3 Å². The minimum absolute atomic E-state index is 0.574. The van der Waals surface area contributed by atoms with Gasteiger partial charge in [-0.3, -0.25) is 4.98 Å². The fraction of sp³-hybridized carbons (Fsp3) is 0.222. The van der Waals surface area contributed by atoms with Crippen LogP contribution in [0.3, 0.4) is 0 Å². The average Bonchev–Trinajstić information content (AvgIpc) is 2.16. The molecular weight excluding hydrogens is 154 g/mol. The van der Waals surface area contributed by atoms with Gasteiger partial charge >= 0.3 is 0 Å². The summed E-state index contributed by atoms with van der Waals surface area (Å²) in [5.74, 6) is 0.574. The monoisotopic (exact) mass is 165 g/mol. The van der Waals surface area contributed by atoms with E-state index in [1.807, 2.05) is 0 Å². The van der Waals surface area contributed by atoms with Crippen molar-refractivity contribution < 1.29 is 9.84 Å². The van der Waals surface area contributed by atoms with Crippen molar-refractivity contribution in [1.82, 2.24) is 4.98 Å². The van der Waals surface area contributed by atoms with Crippen molar-refractivity contribution in [2.75, 3.05) is 7.11 Å². The van der Waals surface area contributed by atoms with Gasteiger partial charge in [-0.1, -0.05) is 6.08 Å². The number of pyridine rings is 1. The van der Waals surface area contributed by atoms with Gasteiger partial charge in [0.1, 0.15) is 11.9 Å². The fourth-order valence-corrected chi connectivity index (χ4v) is 0.933. The van der Waals surface area contributed by atoms with Gasteiger partial charge in [0, 0.05) is 11.8 Å². The molecule has 1 rings (SSSR count). The number of rotatable bonds is 3. The Bertz CT molecular complexity index is 273. The first-order valence-electron chi connectivity index (χ1n) is 3.58. The van der Waals surface area contributed by atoms with E-state index in [9.17, 15) is 5.11 Å². The molecule has 0 aliphatic heterocycles. The first-order valence-corrected chi connectivity index (χ1v) is 3.58. The standard InChI is InChI=1S/C9H11NO2/c1-3-8(11)7-4-5-10-6-9(7)12-2/h3-6,8,11H,1H2,2H3. The van der Waals surface area contributed by atoms with Crippen molar-refractivity contribution in [2.24, 2.45) is 0 Å².